The summed E-state index contributed by atoms with van der Waals surface area (Å²) in [6.45, 7) is 3.42. The second-order valence-corrected chi connectivity index (χ2v) is 6.99. The van der Waals surface area contributed by atoms with Gasteiger partial charge < -0.3 is 4.42 Å². The van der Waals surface area contributed by atoms with Gasteiger partial charge in [-0.3, -0.25) is 4.72 Å². The minimum atomic E-state index is -3.82. The van der Waals surface area contributed by atoms with E-state index in [1.165, 1.54) is 30.3 Å². The van der Waals surface area contributed by atoms with E-state index in [1.807, 2.05) is 0 Å². The lowest BCUT2D eigenvalue weighted by atomic mass is 10.1. The smallest absolute Gasteiger partial charge is 0.262 e. The van der Waals surface area contributed by atoms with E-state index < -0.39 is 15.8 Å². The Hall–Kier alpha value is -2.67. The highest BCUT2D eigenvalue weighted by Gasteiger charge is 2.19. The number of hydrogen-bond donors (Lipinski definition) is 1. The number of aromatic nitrogens is 1. The highest BCUT2D eigenvalue weighted by molar-refractivity contribution is 7.92. The first-order valence-electron chi connectivity index (χ1n) is 7.17. The number of aryl methyl sites for hydroxylation is 2. The number of nitrogens with zero attached hydrogens (tertiary/aromatic N) is 1. The van der Waals surface area contributed by atoms with Crippen molar-refractivity contribution in [2.45, 2.75) is 18.7 Å². The number of rotatable bonds is 4. The Labute approximate surface area is 139 Å². The molecule has 1 N–H and O–H groups in total. The molecule has 0 fully saturated rings. The highest BCUT2D eigenvalue weighted by Crippen LogP contribution is 2.27. The fraction of sp³-hybridized carbons (Fsp3) is 0.118. The molecule has 1 aromatic heterocycles. The molecule has 0 aliphatic rings. The fourth-order valence-corrected chi connectivity index (χ4v) is 3.60. The third-order valence-electron chi connectivity index (χ3n) is 3.48. The number of oxazole rings is 1. The van der Waals surface area contributed by atoms with Gasteiger partial charge in [-0.25, -0.2) is 17.8 Å². The van der Waals surface area contributed by atoms with Crippen molar-refractivity contribution in [1.29, 1.82) is 0 Å². The van der Waals surface area contributed by atoms with Gasteiger partial charge in [-0.1, -0.05) is 12.1 Å². The van der Waals surface area contributed by atoms with Crippen LogP contribution in [0.3, 0.4) is 0 Å². The minimum absolute atomic E-state index is 0.123. The zero-order valence-corrected chi connectivity index (χ0v) is 13.9. The number of anilines is 1. The van der Waals surface area contributed by atoms with E-state index in [2.05, 4.69) is 9.71 Å². The van der Waals surface area contributed by atoms with Crippen molar-refractivity contribution in [3.05, 3.63) is 65.9 Å². The minimum Gasteiger partial charge on any atom is -0.441 e. The van der Waals surface area contributed by atoms with Crippen LogP contribution in [0, 0.1) is 19.7 Å². The average Bonchev–Trinajstić information content (AvgIpc) is 2.96. The van der Waals surface area contributed by atoms with Crippen LogP contribution in [-0.2, 0) is 10.0 Å². The number of halogens is 1. The van der Waals surface area contributed by atoms with E-state index in [0.717, 1.165) is 0 Å². The van der Waals surface area contributed by atoms with Crippen LogP contribution < -0.4 is 4.72 Å². The summed E-state index contributed by atoms with van der Waals surface area (Å²) in [7, 11) is -3.82. The Bertz CT molecular complexity index is 979. The van der Waals surface area contributed by atoms with E-state index in [0.29, 0.717) is 22.8 Å². The molecule has 0 spiro atoms. The van der Waals surface area contributed by atoms with Gasteiger partial charge in [-0.2, -0.15) is 0 Å². The number of hydrogen-bond acceptors (Lipinski definition) is 4. The number of sulfonamides is 1. The Kier molecular flexibility index (Phi) is 4.11. The third-order valence-corrected chi connectivity index (χ3v) is 5.00. The molecular formula is C17H15FN2O3S. The van der Waals surface area contributed by atoms with Gasteiger partial charge >= 0.3 is 0 Å². The second kappa shape index (κ2) is 6.09. The molecule has 2 aromatic carbocycles. The fourth-order valence-electron chi connectivity index (χ4n) is 2.27. The van der Waals surface area contributed by atoms with Gasteiger partial charge in [0.25, 0.3) is 10.0 Å². The monoisotopic (exact) mass is 346 g/mol. The average molecular weight is 346 g/mol. The lowest BCUT2D eigenvalue weighted by molar-refractivity contribution is 0.534. The number of nitrogens with one attached hydrogen (secondary N) is 1. The molecule has 0 radical (unpaired) electrons. The van der Waals surface area contributed by atoms with Gasteiger partial charge in [0.1, 0.15) is 5.82 Å². The third kappa shape index (κ3) is 3.30. The van der Waals surface area contributed by atoms with E-state index in [4.69, 9.17) is 4.42 Å². The van der Waals surface area contributed by atoms with Crippen LogP contribution in [0.1, 0.15) is 11.5 Å². The van der Waals surface area contributed by atoms with Crippen molar-refractivity contribution in [1.82, 2.24) is 4.98 Å². The van der Waals surface area contributed by atoms with E-state index in [9.17, 15) is 12.8 Å². The SMILES string of the molecule is Cc1ncc(-c2ccc(C)c(S(=O)(=O)Nc3ccc(F)cc3)c2)o1. The maximum Gasteiger partial charge on any atom is 0.262 e. The topological polar surface area (TPSA) is 72.2 Å². The summed E-state index contributed by atoms with van der Waals surface area (Å²) in [5.74, 6) is 0.557. The zero-order chi connectivity index (χ0) is 17.3. The van der Waals surface area contributed by atoms with Gasteiger partial charge in [0.2, 0.25) is 0 Å². The molecule has 0 saturated heterocycles. The van der Waals surface area contributed by atoms with Crippen molar-refractivity contribution in [3.63, 3.8) is 0 Å². The van der Waals surface area contributed by atoms with Crippen molar-refractivity contribution in [2.24, 2.45) is 0 Å². The van der Waals surface area contributed by atoms with Crippen molar-refractivity contribution in [3.8, 4) is 11.3 Å². The zero-order valence-electron chi connectivity index (χ0n) is 13.1. The Morgan fingerprint density at radius 1 is 1.08 bits per heavy atom. The summed E-state index contributed by atoms with van der Waals surface area (Å²) in [4.78, 5) is 4.14. The molecule has 124 valence electrons. The molecule has 0 bridgehead atoms. The number of benzene rings is 2. The van der Waals surface area contributed by atoms with Crippen molar-refractivity contribution < 1.29 is 17.2 Å². The molecule has 0 atom stereocenters. The second-order valence-electron chi connectivity index (χ2n) is 5.34. The molecule has 1 heterocycles. The molecule has 0 unspecified atom stereocenters. The van der Waals surface area contributed by atoms with Gasteiger partial charge in [-0.15, -0.1) is 0 Å². The lowest BCUT2D eigenvalue weighted by Crippen LogP contribution is -2.14. The normalized spacial score (nSPS) is 11.5. The molecule has 0 saturated carbocycles. The maximum atomic E-state index is 13.0. The van der Waals surface area contributed by atoms with Crippen LogP contribution in [0.2, 0.25) is 0 Å². The van der Waals surface area contributed by atoms with Gasteiger partial charge in [0, 0.05) is 18.2 Å². The molecule has 3 aromatic rings. The maximum absolute atomic E-state index is 13.0. The van der Waals surface area contributed by atoms with Crippen molar-refractivity contribution in [2.75, 3.05) is 4.72 Å². The van der Waals surface area contributed by atoms with Crippen LogP contribution >= 0.6 is 0 Å². The summed E-state index contributed by atoms with van der Waals surface area (Å²) < 4.78 is 46.1. The summed E-state index contributed by atoms with van der Waals surface area (Å²) >= 11 is 0. The predicted octanol–water partition coefficient (Wildman–Crippen LogP) is 3.90. The van der Waals surface area contributed by atoms with Crippen LogP contribution in [-0.4, -0.2) is 13.4 Å². The van der Waals surface area contributed by atoms with Crippen molar-refractivity contribution >= 4 is 15.7 Å². The summed E-state index contributed by atoms with van der Waals surface area (Å²) in [5.41, 5.74) is 1.49. The standard InChI is InChI=1S/C17H15FN2O3S/c1-11-3-4-13(16-10-19-12(2)23-16)9-17(11)24(21,22)20-15-7-5-14(18)6-8-15/h3-10,20H,1-2H3. The quantitative estimate of drug-likeness (QED) is 0.778. The van der Waals surface area contributed by atoms with E-state index >= 15 is 0 Å². The molecule has 5 nitrogen and oxygen atoms in total. The Morgan fingerprint density at radius 2 is 1.79 bits per heavy atom. The summed E-state index contributed by atoms with van der Waals surface area (Å²) in [6, 6.07) is 10.1. The highest BCUT2D eigenvalue weighted by atomic mass is 32.2. The first-order chi connectivity index (χ1) is 11.3. The summed E-state index contributed by atoms with van der Waals surface area (Å²) in [6.07, 6.45) is 1.55. The van der Waals surface area contributed by atoms with Gasteiger partial charge in [-0.05, 0) is 42.8 Å². The molecule has 3 rings (SSSR count). The first kappa shape index (κ1) is 16.2. The largest absolute Gasteiger partial charge is 0.441 e. The predicted molar refractivity (Wildman–Crippen MR) is 88.6 cm³/mol. The molecular weight excluding hydrogens is 331 g/mol. The van der Waals surface area contributed by atoms with Crippen LogP contribution in [0.5, 0.6) is 0 Å². The molecule has 24 heavy (non-hydrogen) atoms. The van der Waals surface area contributed by atoms with Crippen LogP contribution in [0.4, 0.5) is 10.1 Å². The molecule has 7 heteroatoms. The first-order valence-corrected chi connectivity index (χ1v) is 8.65. The van der Waals surface area contributed by atoms with Crippen LogP contribution in [0.25, 0.3) is 11.3 Å². The Morgan fingerprint density at radius 3 is 2.42 bits per heavy atom. The van der Waals surface area contributed by atoms with Crippen LogP contribution in [0.15, 0.2) is 58.0 Å². The van der Waals surface area contributed by atoms with E-state index in [-0.39, 0.29) is 10.6 Å². The molecule has 0 amide bonds. The van der Waals surface area contributed by atoms with Gasteiger partial charge in [0.05, 0.1) is 11.1 Å². The van der Waals surface area contributed by atoms with E-state index in [1.54, 1.807) is 32.2 Å². The molecule has 0 aliphatic carbocycles. The molecule has 0 aliphatic heterocycles. The van der Waals surface area contributed by atoms with Gasteiger partial charge in [0.15, 0.2) is 11.7 Å². The Balaban J connectivity index is 1.99. The lowest BCUT2D eigenvalue weighted by Gasteiger charge is -2.11. The summed E-state index contributed by atoms with van der Waals surface area (Å²) in [5, 5.41) is 0.